The lowest BCUT2D eigenvalue weighted by Gasteiger charge is -2.08. The van der Waals surface area contributed by atoms with Crippen molar-refractivity contribution in [3.05, 3.63) is 0 Å². The fourth-order valence-electron chi connectivity index (χ4n) is 1.06. The number of rotatable bonds is 10. The van der Waals surface area contributed by atoms with E-state index in [0.29, 0.717) is 32.8 Å². The predicted octanol–water partition coefficient (Wildman–Crippen LogP) is 0.576. The molecule has 2 N–H and O–H groups in total. The lowest BCUT2D eigenvalue weighted by atomic mass is 10.4. The van der Waals surface area contributed by atoms with Crippen LogP contribution in [0.2, 0.25) is 0 Å². The molecule has 0 fully saturated rings. The number of carbonyl (C=O) groups excluding carboxylic acids is 1. The van der Waals surface area contributed by atoms with Crippen LogP contribution in [0.4, 0.5) is 0 Å². The van der Waals surface area contributed by atoms with E-state index in [0.717, 1.165) is 6.42 Å². The van der Waals surface area contributed by atoms with Crippen LogP contribution >= 0.6 is 12.4 Å². The summed E-state index contributed by atoms with van der Waals surface area (Å²) >= 11 is 0. The summed E-state index contributed by atoms with van der Waals surface area (Å²) in [6.07, 6.45) is 1.11. The molecule has 5 nitrogen and oxygen atoms in total. The molecule has 0 saturated carbocycles. The molecule has 0 aliphatic rings. The lowest BCUT2D eigenvalue weighted by Crippen LogP contribution is -2.35. The average Bonchev–Trinajstić information content (AvgIpc) is 2.23. The molecule has 0 aliphatic heterocycles. The van der Waals surface area contributed by atoms with Crippen LogP contribution < -0.4 is 10.6 Å². The lowest BCUT2D eigenvalue weighted by molar-refractivity contribution is -0.120. The number of amides is 1. The zero-order valence-electron chi connectivity index (χ0n) is 11.0. The van der Waals surface area contributed by atoms with Gasteiger partial charge in [0, 0.05) is 26.8 Å². The molecule has 0 saturated heterocycles. The fourth-order valence-corrected chi connectivity index (χ4v) is 1.06. The topological polar surface area (TPSA) is 59.6 Å². The first-order chi connectivity index (χ1) is 7.66. The second-order valence-electron chi connectivity index (χ2n) is 3.79. The number of hydrogen-bond acceptors (Lipinski definition) is 4. The van der Waals surface area contributed by atoms with Gasteiger partial charge in [0.25, 0.3) is 0 Å². The van der Waals surface area contributed by atoms with Gasteiger partial charge in [-0.05, 0) is 20.3 Å². The third-order valence-corrected chi connectivity index (χ3v) is 1.86. The van der Waals surface area contributed by atoms with Crippen LogP contribution in [0.25, 0.3) is 0 Å². The molecular weight excluding hydrogens is 244 g/mol. The standard InChI is InChI=1S/C11H24N2O3.ClH/c1-10(2)16-7-4-5-13-11(14)9-12-6-8-15-3;/h10,12H,4-9H2,1-3H3,(H,13,14);1H. The molecule has 0 atom stereocenters. The van der Waals surface area contributed by atoms with Crippen molar-refractivity contribution in [2.45, 2.75) is 26.4 Å². The van der Waals surface area contributed by atoms with Crippen molar-refractivity contribution in [1.82, 2.24) is 10.6 Å². The SMILES string of the molecule is COCCNCC(=O)NCCCOC(C)C.Cl. The Morgan fingerprint density at radius 3 is 2.53 bits per heavy atom. The van der Waals surface area contributed by atoms with Crippen molar-refractivity contribution in [2.75, 3.05) is 40.0 Å². The summed E-state index contributed by atoms with van der Waals surface area (Å²) in [5.74, 6) is 0.0145. The molecule has 0 bridgehead atoms. The Hall–Kier alpha value is -0.360. The fraction of sp³-hybridized carbons (Fsp3) is 0.909. The summed E-state index contributed by atoms with van der Waals surface area (Å²) in [5.41, 5.74) is 0. The summed E-state index contributed by atoms with van der Waals surface area (Å²) in [5, 5.41) is 5.79. The first-order valence-electron chi connectivity index (χ1n) is 5.74. The number of halogens is 1. The van der Waals surface area contributed by atoms with Crippen molar-refractivity contribution in [3.8, 4) is 0 Å². The van der Waals surface area contributed by atoms with Gasteiger partial charge < -0.3 is 20.1 Å². The highest BCUT2D eigenvalue weighted by molar-refractivity contribution is 5.85. The van der Waals surface area contributed by atoms with Gasteiger partial charge in [-0.2, -0.15) is 0 Å². The molecule has 6 heteroatoms. The third kappa shape index (κ3) is 15.6. The van der Waals surface area contributed by atoms with Crippen LogP contribution in [0, 0.1) is 0 Å². The van der Waals surface area contributed by atoms with E-state index in [-0.39, 0.29) is 24.4 Å². The van der Waals surface area contributed by atoms with E-state index in [1.807, 2.05) is 13.8 Å². The molecule has 0 spiro atoms. The second kappa shape index (κ2) is 13.7. The van der Waals surface area contributed by atoms with Crippen LogP contribution in [0.5, 0.6) is 0 Å². The van der Waals surface area contributed by atoms with Crippen molar-refractivity contribution in [3.63, 3.8) is 0 Å². The normalized spacial score (nSPS) is 10.1. The minimum absolute atomic E-state index is 0. The van der Waals surface area contributed by atoms with Crippen LogP contribution in [0.3, 0.4) is 0 Å². The average molecular weight is 269 g/mol. The molecule has 0 aromatic heterocycles. The van der Waals surface area contributed by atoms with Gasteiger partial charge in [-0.3, -0.25) is 4.79 Å². The Balaban J connectivity index is 0. The van der Waals surface area contributed by atoms with Gasteiger partial charge in [-0.15, -0.1) is 12.4 Å². The molecule has 1 amide bonds. The minimum atomic E-state index is 0. The van der Waals surface area contributed by atoms with Crippen molar-refractivity contribution >= 4 is 18.3 Å². The zero-order chi connectivity index (χ0) is 12.2. The summed E-state index contributed by atoms with van der Waals surface area (Å²) in [4.78, 5) is 11.2. The molecule has 0 aromatic rings. The summed E-state index contributed by atoms with van der Waals surface area (Å²) in [6, 6.07) is 0. The third-order valence-electron chi connectivity index (χ3n) is 1.86. The number of hydrogen-bond donors (Lipinski definition) is 2. The number of methoxy groups -OCH3 is 1. The van der Waals surface area contributed by atoms with Gasteiger partial charge >= 0.3 is 0 Å². The Labute approximate surface area is 110 Å². The number of carbonyl (C=O) groups is 1. The molecule has 0 heterocycles. The Kier molecular flexibility index (Phi) is 15.3. The van der Waals surface area contributed by atoms with Crippen LogP contribution in [-0.2, 0) is 14.3 Å². The maximum absolute atomic E-state index is 11.2. The first kappa shape index (κ1) is 19.0. The number of ether oxygens (including phenoxy) is 2. The highest BCUT2D eigenvalue weighted by Gasteiger charge is 1.99. The van der Waals surface area contributed by atoms with Gasteiger partial charge in [-0.1, -0.05) is 0 Å². The molecule has 104 valence electrons. The minimum Gasteiger partial charge on any atom is -0.383 e. The maximum atomic E-state index is 11.2. The maximum Gasteiger partial charge on any atom is 0.233 e. The quantitative estimate of drug-likeness (QED) is 0.569. The molecule has 0 unspecified atom stereocenters. The van der Waals surface area contributed by atoms with Crippen molar-refractivity contribution < 1.29 is 14.3 Å². The molecule has 17 heavy (non-hydrogen) atoms. The molecule has 0 aliphatic carbocycles. The van der Waals surface area contributed by atoms with Crippen molar-refractivity contribution in [2.24, 2.45) is 0 Å². The molecular formula is C11H25ClN2O3. The van der Waals surface area contributed by atoms with Crippen LogP contribution in [-0.4, -0.2) is 52.0 Å². The predicted molar refractivity (Wildman–Crippen MR) is 70.7 cm³/mol. The highest BCUT2D eigenvalue weighted by Crippen LogP contribution is 1.88. The van der Waals surface area contributed by atoms with Gasteiger partial charge in [0.15, 0.2) is 0 Å². The Morgan fingerprint density at radius 2 is 1.94 bits per heavy atom. The van der Waals surface area contributed by atoms with Gasteiger partial charge in [-0.25, -0.2) is 0 Å². The van der Waals surface area contributed by atoms with Crippen LogP contribution in [0.1, 0.15) is 20.3 Å². The van der Waals surface area contributed by atoms with E-state index < -0.39 is 0 Å². The molecule has 0 aromatic carbocycles. The van der Waals surface area contributed by atoms with Crippen molar-refractivity contribution in [1.29, 1.82) is 0 Å². The van der Waals surface area contributed by atoms with E-state index in [9.17, 15) is 4.79 Å². The Morgan fingerprint density at radius 1 is 1.24 bits per heavy atom. The van der Waals surface area contributed by atoms with Gasteiger partial charge in [0.1, 0.15) is 0 Å². The van der Waals surface area contributed by atoms with E-state index in [1.165, 1.54) is 0 Å². The van der Waals surface area contributed by atoms with E-state index in [4.69, 9.17) is 9.47 Å². The van der Waals surface area contributed by atoms with E-state index in [2.05, 4.69) is 10.6 Å². The van der Waals surface area contributed by atoms with E-state index in [1.54, 1.807) is 7.11 Å². The first-order valence-corrected chi connectivity index (χ1v) is 5.74. The highest BCUT2D eigenvalue weighted by atomic mass is 35.5. The molecule has 0 rings (SSSR count). The van der Waals surface area contributed by atoms with E-state index >= 15 is 0 Å². The van der Waals surface area contributed by atoms with Gasteiger partial charge in [0.05, 0.1) is 19.3 Å². The zero-order valence-corrected chi connectivity index (χ0v) is 11.8. The largest absolute Gasteiger partial charge is 0.383 e. The Bertz CT molecular complexity index is 180. The second-order valence-corrected chi connectivity index (χ2v) is 3.79. The number of nitrogens with one attached hydrogen (secondary N) is 2. The van der Waals surface area contributed by atoms with Gasteiger partial charge in [0.2, 0.25) is 5.91 Å². The molecule has 0 radical (unpaired) electrons. The smallest absolute Gasteiger partial charge is 0.233 e. The monoisotopic (exact) mass is 268 g/mol. The van der Waals surface area contributed by atoms with Crippen LogP contribution in [0.15, 0.2) is 0 Å². The summed E-state index contributed by atoms with van der Waals surface area (Å²) < 4.78 is 10.2. The summed E-state index contributed by atoms with van der Waals surface area (Å²) in [7, 11) is 1.64. The summed E-state index contributed by atoms with van der Waals surface area (Å²) in [6.45, 7) is 7.01.